The average molecular weight is 515 g/mol. The molecule has 0 unspecified atom stereocenters. The minimum Gasteiger partial charge on any atom is -0.475 e. The lowest BCUT2D eigenvalue weighted by molar-refractivity contribution is -0.192. The van der Waals surface area contributed by atoms with Crippen molar-refractivity contribution >= 4 is 27.6 Å². The van der Waals surface area contributed by atoms with Gasteiger partial charge in [0.05, 0.1) is 10.3 Å². The van der Waals surface area contributed by atoms with E-state index < -0.39 is 27.6 Å². The first-order chi connectivity index (χ1) is 16.2. The summed E-state index contributed by atoms with van der Waals surface area (Å²) in [6.07, 6.45) is -2.47. The Hall–Kier alpha value is -3.08. The highest BCUT2D eigenvalue weighted by molar-refractivity contribution is 7.92. The molecule has 11 heteroatoms. The van der Waals surface area contributed by atoms with Crippen molar-refractivity contribution in [2.75, 3.05) is 11.3 Å². The molecule has 1 aliphatic rings. The summed E-state index contributed by atoms with van der Waals surface area (Å²) in [5.74, 6) is -2.13. The van der Waals surface area contributed by atoms with E-state index in [9.17, 15) is 26.4 Å². The fourth-order valence-corrected chi connectivity index (χ4v) is 4.65. The Morgan fingerprint density at radius 2 is 1.60 bits per heavy atom. The first kappa shape index (κ1) is 28.2. The number of sulfonamides is 1. The molecule has 2 aromatic carbocycles. The molecule has 0 bridgehead atoms. The van der Waals surface area contributed by atoms with Crippen LogP contribution in [0.25, 0.3) is 0 Å². The Labute approximate surface area is 202 Å². The number of alkyl halides is 3. The topological polar surface area (TPSA) is 113 Å². The second-order valence-corrected chi connectivity index (χ2v) is 10.4. The predicted molar refractivity (Wildman–Crippen MR) is 125 cm³/mol. The molecule has 0 radical (unpaired) electrons. The second kappa shape index (κ2) is 11.1. The first-order valence-corrected chi connectivity index (χ1v) is 12.4. The molecule has 0 saturated heterocycles. The largest absolute Gasteiger partial charge is 0.490 e. The Kier molecular flexibility index (Phi) is 8.94. The Morgan fingerprint density at radius 1 is 1.06 bits per heavy atom. The molecular formula is C24H29F3N2O5S. The van der Waals surface area contributed by atoms with E-state index in [0.29, 0.717) is 23.7 Å². The number of carbonyl (C=O) groups is 2. The van der Waals surface area contributed by atoms with Gasteiger partial charge < -0.3 is 10.4 Å². The van der Waals surface area contributed by atoms with Gasteiger partial charge in [0.25, 0.3) is 10.0 Å². The quantitative estimate of drug-likeness (QED) is 0.476. The molecular weight excluding hydrogens is 485 g/mol. The number of amides is 1. The minimum atomic E-state index is -5.08. The number of hydrogen-bond acceptors (Lipinski definition) is 4. The number of aryl methyl sites for hydroxylation is 1. The summed E-state index contributed by atoms with van der Waals surface area (Å²) >= 11 is 0. The molecule has 1 saturated carbocycles. The highest BCUT2D eigenvalue weighted by atomic mass is 32.2. The molecule has 1 amide bonds. The number of nitrogens with one attached hydrogen (secondary N) is 2. The first-order valence-electron chi connectivity index (χ1n) is 11.0. The van der Waals surface area contributed by atoms with Crippen molar-refractivity contribution in [1.82, 2.24) is 5.32 Å². The highest BCUT2D eigenvalue weighted by Crippen LogP contribution is 2.48. The molecule has 0 aromatic heterocycles. The van der Waals surface area contributed by atoms with Gasteiger partial charge in [0, 0.05) is 12.2 Å². The number of aliphatic carboxylic acids is 1. The van der Waals surface area contributed by atoms with Gasteiger partial charge >= 0.3 is 12.1 Å². The normalized spacial score (nSPS) is 14.5. The van der Waals surface area contributed by atoms with Crippen LogP contribution >= 0.6 is 0 Å². The number of anilines is 1. The van der Waals surface area contributed by atoms with Crippen molar-refractivity contribution in [3.05, 3.63) is 59.7 Å². The highest BCUT2D eigenvalue weighted by Gasteiger charge is 2.51. The van der Waals surface area contributed by atoms with Crippen molar-refractivity contribution in [1.29, 1.82) is 0 Å². The van der Waals surface area contributed by atoms with E-state index in [1.807, 2.05) is 18.2 Å². The van der Waals surface area contributed by atoms with Gasteiger partial charge in [0.2, 0.25) is 5.91 Å². The molecule has 1 fully saturated rings. The van der Waals surface area contributed by atoms with Crippen molar-refractivity contribution in [3.63, 3.8) is 0 Å². The molecule has 3 N–H and O–H groups in total. The zero-order valence-corrected chi connectivity index (χ0v) is 20.5. The average Bonchev–Trinajstić information content (AvgIpc) is 3.56. The zero-order valence-electron chi connectivity index (χ0n) is 19.6. The predicted octanol–water partition coefficient (Wildman–Crippen LogP) is 4.62. The van der Waals surface area contributed by atoms with Crippen LogP contribution in [0.3, 0.4) is 0 Å². The molecule has 2 aromatic rings. The molecule has 1 aliphatic carbocycles. The lowest BCUT2D eigenvalue weighted by Gasteiger charge is -2.17. The van der Waals surface area contributed by atoms with E-state index >= 15 is 0 Å². The summed E-state index contributed by atoms with van der Waals surface area (Å²) in [5, 5.41) is 10.2. The van der Waals surface area contributed by atoms with Gasteiger partial charge in [-0.1, -0.05) is 44.2 Å². The van der Waals surface area contributed by atoms with Crippen LogP contribution in [0.4, 0.5) is 18.9 Å². The van der Waals surface area contributed by atoms with Crippen LogP contribution in [-0.4, -0.2) is 38.1 Å². The van der Waals surface area contributed by atoms with Gasteiger partial charge in [0.1, 0.15) is 0 Å². The van der Waals surface area contributed by atoms with Gasteiger partial charge in [-0.2, -0.15) is 13.2 Å². The maximum absolute atomic E-state index is 12.6. The van der Waals surface area contributed by atoms with Crippen LogP contribution in [0.5, 0.6) is 0 Å². The molecule has 0 heterocycles. The zero-order chi connectivity index (χ0) is 26.4. The van der Waals surface area contributed by atoms with Crippen molar-refractivity contribution in [3.8, 4) is 0 Å². The Balaban J connectivity index is 0.000000540. The van der Waals surface area contributed by atoms with Crippen LogP contribution in [0, 0.1) is 12.8 Å². The van der Waals surface area contributed by atoms with Gasteiger partial charge in [-0.3, -0.25) is 9.52 Å². The summed E-state index contributed by atoms with van der Waals surface area (Å²) < 4.78 is 59.6. The van der Waals surface area contributed by atoms with E-state index in [1.165, 1.54) is 0 Å². The molecule has 3 rings (SSSR count). The maximum Gasteiger partial charge on any atom is 0.490 e. The van der Waals surface area contributed by atoms with Crippen LogP contribution in [0.1, 0.15) is 44.2 Å². The fourth-order valence-electron chi connectivity index (χ4n) is 3.34. The number of hydrogen-bond donors (Lipinski definition) is 3. The Bertz CT molecular complexity index is 1140. The summed E-state index contributed by atoms with van der Waals surface area (Å²) in [5.41, 5.74) is 1.67. The van der Waals surface area contributed by atoms with E-state index in [0.717, 1.165) is 24.8 Å². The smallest absolute Gasteiger partial charge is 0.475 e. The van der Waals surface area contributed by atoms with E-state index in [1.54, 1.807) is 37.3 Å². The summed E-state index contributed by atoms with van der Waals surface area (Å²) in [6, 6.07) is 14.0. The van der Waals surface area contributed by atoms with Gasteiger partial charge in [-0.05, 0) is 61.4 Å². The third-order valence-electron chi connectivity index (χ3n) is 5.51. The molecule has 0 aliphatic heterocycles. The monoisotopic (exact) mass is 514 g/mol. The summed E-state index contributed by atoms with van der Waals surface area (Å²) in [4.78, 5) is 21.8. The van der Waals surface area contributed by atoms with Crippen molar-refractivity contribution in [2.24, 2.45) is 5.92 Å². The summed E-state index contributed by atoms with van der Waals surface area (Å²) in [6.45, 7) is 6.73. The lowest BCUT2D eigenvalue weighted by atomic mass is 9.94. The number of halogens is 3. The number of carboxylic acids is 1. The van der Waals surface area contributed by atoms with Crippen molar-refractivity contribution < 1.29 is 36.3 Å². The molecule has 35 heavy (non-hydrogen) atoms. The number of benzene rings is 2. The lowest BCUT2D eigenvalue weighted by Crippen LogP contribution is -2.35. The molecule has 192 valence electrons. The van der Waals surface area contributed by atoms with Crippen LogP contribution < -0.4 is 10.0 Å². The van der Waals surface area contributed by atoms with E-state index in [2.05, 4.69) is 23.9 Å². The minimum absolute atomic E-state index is 0.0707. The van der Waals surface area contributed by atoms with Gasteiger partial charge in [-0.25, -0.2) is 13.2 Å². The number of rotatable bonds is 8. The van der Waals surface area contributed by atoms with Gasteiger partial charge in [-0.15, -0.1) is 0 Å². The maximum atomic E-state index is 12.6. The summed E-state index contributed by atoms with van der Waals surface area (Å²) in [7, 11) is -3.64. The van der Waals surface area contributed by atoms with Gasteiger partial charge in [0.15, 0.2) is 0 Å². The van der Waals surface area contributed by atoms with Crippen LogP contribution in [-0.2, 0) is 25.0 Å². The van der Waals surface area contributed by atoms with E-state index in [4.69, 9.17) is 9.90 Å². The number of carbonyl (C=O) groups excluding carboxylic acids is 1. The fraction of sp³-hybridized carbons (Fsp3) is 0.417. The van der Waals surface area contributed by atoms with Crippen molar-refractivity contribution in [2.45, 2.75) is 56.5 Å². The van der Waals surface area contributed by atoms with Crippen LogP contribution in [0.2, 0.25) is 0 Å². The van der Waals surface area contributed by atoms with Crippen LogP contribution in [0.15, 0.2) is 53.4 Å². The standard InChI is InChI=1S/C22H28N2O3S.C2HF3O2/c1-16(2)12-15-23-21(25)22(13-14-22)18-8-10-19(11-9-18)24-28(26,27)20-7-5-4-6-17(20)3;3-2(4,5)1(6)7/h4-11,16,24H,12-15H2,1-3H3,(H,23,25);(H,6,7). The third kappa shape index (κ3) is 7.71. The molecule has 0 spiro atoms. The van der Waals surface area contributed by atoms with E-state index in [-0.39, 0.29) is 10.8 Å². The molecule has 7 nitrogen and oxygen atoms in total. The second-order valence-electron chi connectivity index (χ2n) is 8.77. The molecule has 0 atom stereocenters. The Morgan fingerprint density at radius 3 is 2.06 bits per heavy atom. The third-order valence-corrected chi connectivity index (χ3v) is 7.05. The SMILES string of the molecule is Cc1ccccc1S(=O)(=O)Nc1ccc(C2(C(=O)NCCC(C)C)CC2)cc1.O=C(O)C(F)(F)F. The number of carboxylic acid groups (broad SMARTS) is 1.